The Labute approximate surface area is 247 Å². The summed E-state index contributed by atoms with van der Waals surface area (Å²) in [5, 5.41) is 5.04. The summed E-state index contributed by atoms with van der Waals surface area (Å²) >= 11 is 11.9. The number of rotatable bonds is 12. The van der Waals surface area contributed by atoms with Gasteiger partial charge in [0.1, 0.15) is 23.0 Å². The summed E-state index contributed by atoms with van der Waals surface area (Å²) in [7, 11) is 0. The molecular formula is C31H26Cl2N2O6. The average Bonchev–Trinajstić information content (AvgIpc) is 2.99. The minimum Gasteiger partial charge on any atom is -0.494 e. The molecule has 0 unspecified atom stereocenters. The molecule has 0 saturated carbocycles. The van der Waals surface area contributed by atoms with E-state index in [1.54, 1.807) is 97.1 Å². The molecule has 0 aliphatic rings. The number of hydrazone groups is 1. The Bertz CT molecular complexity index is 1410. The Morgan fingerprint density at radius 1 is 0.756 bits per heavy atom. The molecule has 0 aliphatic carbocycles. The number of nitrogens with one attached hydrogen (secondary N) is 1. The SMILES string of the molecule is CCCOc1ccc(C(=O)Oc2ccc(C=NNC(=O)C(Oc3ccc(Cl)cc3)Oc3ccc(Cl)cc3)cc2)cc1. The molecule has 10 heteroatoms. The van der Waals surface area contributed by atoms with Crippen molar-refractivity contribution in [1.29, 1.82) is 0 Å². The fraction of sp³-hybridized carbons (Fsp3) is 0.129. The van der Waals surface area contributed by atoms with Crippen molar-refractivity contribution in [3.63, 3.8) is 0 Å². The highest BCUT2D eigenvalue weighted by molar-refractivity contribution is 6.30. The minimum atomic E-state index is -1.36. The van der Waals surface area contributed by atoms with E-state index in [2.05, 4.69) is 10.5 Å². The first-order chi connectivity index (χ1) is 19.9. The van der Waals surface area contributed by atoms with Gasteiger partial charge in [-0.05, 0) is 109 Å². The van der Waals surface area contributed by atoms with E-state index in [1.165, 1.54) is 6.21 Å². The topological polar surface area (TPSA) is 95.5 Å². The maximum absolute atomic E-state index is 12.9. The number of nitrogens with zero attached hydrogens (tertiary/aromatic N) is 1. The first kappa shape index (κ1) is 29.5. The van der Waals surface area contributed by atoms with Crippen molar-refractivity contribution < 1.29 is 28.5 Å². The highest BCUT2D eigenvalue weighted by atomic mass is 35.5. The predicted octanol–water partition coefficient (Wildman–Crippen LogP) is 6.94. The summed E-state index contributed by atoms with van der Waals surface area (Å²) in [6.45, 7) is 2.63. The van der Waals surface area contributed by atoms with E-state index in [4.69, 9.17) is 42.1 Å². The number of hydrogen-bond donors (Lipinski definition) is 1. The van der Waals surface area contributed by atoms with Crippen LogP contribution in [0.1, 0.15) is 29.3 Å². The monoisotopic (exact) mass is 592 g/mol. The smallest absolute Gasteiger partial charge is 0.343 e. The van der Waals surface area contributed by atoms with Gasteiger partial charge in [-0.1, -0.05) is 30.1 Å². The fourth-order valence-corrected chi connectivity index (χ4v) is 3.57. The maximum Gasteiger partial charge on any atom is 0.343 e. The van der Waals surface area contributed by atoms with E-state index < -0.39 is 18.2 Å². The van der Waals surface area contributed by atoms with Gasteiger partial charge in [0.15, 0.2) is 0 Å². The second-order valence-corrected chi connectivity index (χ2v) is 9.41. The quantitative estimate of drug-likeness (QED) is 0.0629. The fourth-order valence-electron chi connectivity index (χ4n) is 3.32. The van der Waals surface area contributed by atoms with Crippen LogP contribution in [0.3, 0.4) is 0 Å². The first-order valence-corrected chi connectivity index (χ1v) is 13.4. The number of esters is 1. The summed E-state index contributed by atoms with van der Waals surface area (Å²) < 4.78 is 22.4. The number of halogens is 2. The van der Waals surface area contributed by atoms with Crippen LogP contribution < -0.4 is 24.4 Å². The normalized spacial score (nSPS) is 10.8. The number of ether oxygens (including phenoxy) is 4. The van der Waals surface area contributed by atoms with E-state index in [1.807, 2.05) is 6.92 Å². The van der Waals surface area contributed by atoms with Crippen LogP contribution in [0.25, 0.3) is 0 Å². The second kappa shape index (κ2) is 14.7. The second-order valence-electron chi connectivity index (χ2n) is 8.54. The molecule has 0 atom stereocenters. The van der Waals surface area contributed by atoms with E-state index in [9.17, 15) is 9.59 Å². The Morgan fingerprint density at radius 3 is 1.80 bits per heavy atom. The van der Waals surface area contributed by atoms with Gasteiger partial charge in [0.25, 0.3) is 0 Å². The number of benzene rings is 4. The zero-order valence-corrected chi connectivity index (χ0v) is 23.5. The average molecular weight is 593 g/mol. The van der Waals surface area contributed by atoms with E-state index in [-0.39, 0.29) is 0 Å². The molecule has 0 aromatic heterocycles. The molecule has 8 nitrogen and oxygen atoms in total. The van der Waals surface area contributed by atoms with Crippen molar-refractivity contribution >= 4 is 41.3 Å². The van der Waals surface area contributed by atoms with E-state index in [0.717, 1.165) is 6.42 Å². The lowest BCUT2D eigenvalue weighted by Crippen LogP contribution is -2.40. The van der Waals surface area contributed by atoms with Crippen molar-refractivity contribution in [1.82, 2.24) is 5.43 Å². The third-order valence-electron chi connectivity index (χ3n) is 5.37. The molecule has 0 saturated heterocycles. The van der Waals surface area contributed by atoms with Gasteiger partial charge in [-0.3, -0.25) is 4.79 Å². The summed E-state index contributed by atoms with van der Waals surface area (Å²) in [4.78, 5) is 25.3. The van der Waals surface area contributed by atoms with E-state index in [0.29, 0.717) is 50.8 Å². The molecule has 41 heavy (non-hydrogen) atoms. The van der Waals surface area contributed by atoms with Crippen LogP contribution in [0.15, 0.2) is 102 Å². The molecule has 1 amide bonds. The number of amides is 1. The van der Waals surface area contributed by atoms with Crippen LogP contribution in [0, 0.1) is 0 Å². The summed E-state index contributed by atoms with van der Waals surface area (Å²) in [5.41, 5.74) is 3.46. The van der Waals surface area contributed by atoms with Crippen molar-refractivity contribution in [2.75, 3.05) is 6.61 Å². The van der Waals surface area contributed by atoms with Crippen LogP contribution in [-0.2, 0) is 4.79 Å². The predicted molar refractivity (Wildman–Crippen MR) is 157 cm³/mol. The highest BCUT2D eigenvalue weighted by Gasteiger charge is 2.22. The van der Waals surface area contributed by atoms with E-state index >= 15 is 0 Å². The summed E-state index contributed by atoms with van der Waals surface area (Å²) in [6, 6.07) is 26.4. The van der Waals surface area contributed by atoms with Gasteiger partial charge >= 0.3 is 18.2 Å². The maximum atomic E-state index is 12.9. The van der Waals surface area contributed by atoms with Gasteiger partial charge in [0.2, 0.25) is 0 Å². The number of carbonyl (C=O) groups is 2. The Balaban J connectivity index is 1.34. The van der Waals surface area contributed by atoms with Gasteiger partial charge in [-0.15, -0.1) is 0 Å². The standard InChI is InChI=1S/C31H26Cl2N2O6/c1-2-19-38-25-13-5-22(6-14-25)30(37)39-26-11-3-21(4-12-26)20-34-35-29(36)31(40-27-15-7-23(32)8-16-27)41-28-17-9-24(33)10-18-28/h3-18,20,31H,2,19H2,1H3,(H,35,36). The molecule has 0 fully saturated rings. The van der Waals surface area contributed by atoms with Crippen LogP contribution in [0.5, 0.6) is 23.0 Å². The molecule has 0 radical (unpaired) electrons. The van der Waals surface area contributed by atoms with Crippen molar-refractivity contribution in [2.24, 2.45) is 5.10 Å². The highest BCUT2D eigenvalue weighted by Crippen LogP contribution is 2.21. The number of hydrogen-bond acceptors (Lipinski definition) is 7. The third-order valence-corrected chi connectivity index (χ3v) is 5.87. The van der Waals surface area contributed by atoms with Gasteiger partial charge < -0.3 is 18.9 Å². The molecular weight excluding hydrogens is 567 g/mol. The van der Waals surface area contributed by atoms with Gasteiger partial charge in [-0.25, -0.2) is 10.2 Å². The van der Waals surface area contributed by atoms with Crippen molar-refractivity contribution in [2.45, 2.75) is 19.6 Å². The molecule has 210 valence electrons. The van der Waals surface area contributed by atoms with Crippen molar-refractivity contribution in [3.8, 4) is 23.0 Å². The van der Waals surface area contributed by atoms with Gasteiger partial charge in [0.05, 0.1) is 18.4 Å². The van der Waals surface area contributed by atoms with Gasteiger partial charge in [0, 0.05) is 10.0 Å². The molecule has 4 rings (SSSR count). The molecule has 0 bridgehead atoms. The lowest BCUT2D eigenvalue weighted by Gasteiger charge is -2.19. The third kappa shape index (κ3) is 9.27. The molecule has 4 aromatic rings. The molecule has 1 N–H and O–H groups in total. The Hall–Kier alpha value is -4.53. The van der Waals surface area contributed by atoms with Gasteiger partial charge in [-0.2, -0.15) is 5.10 Å². The Kier molecular flexibility index (Phi) is 10.6. The molecule has 0 aliphatic heterocycles. The minimum absolute atomic E-state index is 0.357. The zero-order valence-electron chi connectivity index (χ0n) is 22.0. The van der Waals surface area contributed by atoms with Crippen LogP contribution >= 0.6 is 23.2 Å². The lowest BCUT2D eigenvalue weighted by molar-refractivity contribution is -0.140. The number of carbonyl (C=O) groups excluding carboxylic acids is 2. The largest absolute Gasteiger partial charge is 0.494 e. The summed E-state index contributed by atoms with van der Waals surface area (Å²) in [6.07, 6.45) is 0.971. The molecule has 4 aromatic carbocycles. The van der Waals surface area contributed by atoms with Crippen molar-refractivity contribution in [3.05, 3.63) is 118 Å². The summed E-state index contributed by atoms with van der Waals surface area (Å²) in [5.74, 6) is 0.654. The van der Waals surface area contributed by atoms with Crippen LogP contribution in [0.2, 0.25) is 10.0 Å². The lowest BCUT2D eigenvalue weighted by atomic mass is 10.2. The molecule has 0 heterocycles. The Morgan fingerprint density at radius 2 is 1.27 bits per heavy atom. The first-order valence-electron chi connectivity index (χ1n) is 12.6. The van der Waals surface area contributed by atoms with Crippen LogP contribution in [0.4, 0.5) is 0 Å². The zero-order chi connectivity index (χ0) is 29.0. The van der Waals surface area contributed by atoms with Crippen LogP contribution in [-0.4, -0.2) is 31.0 Å². The molecule has 0 spiro atoms.